The monoisotopic (exact) mass is 722 g/mol. The maximum atomic E-state index is 8.52. The summed E-state index contributed by atoms with van der Waals surface area (Å²) in [5.74, 6) is 0. The molecule has 13 heavy (non-hydrogen) atoms. The average molecular weight is 720 g/mol. The van der Waals surface area contributed by atoms with Gasteiger partial charge < -0.3 is 18.2 Å². The second kappa shape index (κ2) is 12.5. The van der Waals surface area contributed by atoms with Crippen molar-refractivity contribution in [2.45, 2.75) is 0 Å². The van der Waals surface area contributed by atoms with E-state index in [0.29, 0.717) is 0 Å². The molecule has 0 aliphatic carbocycles. The van der Waals surface area contributed by atoms with Gasteiger partial charge in [0.05, 0.1) is 0 Å². The third kappa shape index (κ3) is 388. The topological polar surface area (TPSA) is 161 Å². The van der Waals surface area contributed by atoms with Crippen molar-refractivity contribution in [2.75, 3.05) is 0 Å². The molecule has 0 saturated heterocycles. The van der Waals surface area contributed by atoms with Crippen LogP contribution in [0.15, 0.2) is 0 Å². The Kier molecular flexibility index (Phi) is 28.3. The van der Waals surface area contributed by atoms with Gasteiger partial charge in [0.15, 0.2) is 0 Å². The fourth-order valence-corrected chi connectivity index (χ4v) is 0. The minimum absolute atomic E-state index is 0. The van der Waals surface area contributed by atoms with Gasteiger partial charge in [0.25, 0.3) is 0 Å². The Bertz CT molecular complexity index is 217. The summed E-state index contributed by atoms with van der Waals surface area (Å²) in [6.07, 6.45) is 0. The fraction of sp³-hybridized carbons (Fsp3) is 0. The van der Waals surface area contributed by atoms with Gasteiger partial charge in [0.2, 0.25) is 0 Å². The Morgan fingerprint density at radius 2 is 0.615 bits per heavy atom. The predicted octanol–water partition coefficient (Wildman–Crippen LogP) is -3.82. The molecule has 0 aromatic rings. The van der Waals surface area contributed by atoms with E-state index in [1.165, 1.54) is 0 Å². The molecule has 0 heterocycles. The first kappa shape index (κ1) is 29.5. The van der Waals surface area contributed by atoms with Crippen LogP contribution in [-0.2, 0) is 20.8 Å². The molecule has 2 radical (unpaired) electrons. The molecular formula is O8S2SnTl2. The fourth-order valence-electron chi connectivity index (χ4n) is 0. The molecule has 0 amide bonds. The van der Waals surface area contributed by atoms with E-state index in [2.05, 4.69) is 0 Å². The Morgan fingerprint density at radius 1 is 0.615 bits per heavy atom. The third-order valence-corrected chi connectivity index (χ3v) is 0. The molecule has 0 aromatic heterocycles. The van der Waals surface area contributed by atoms with Crippen LogP contribution in [0.4, 0.5) is 0 Å². The van der Waals surface area contributed by atoms with Crippen molar-refractivity contribution in [1.29, 1.82) is 0 Å². The zero-order valence-electron chi connectivity index (χ0n) is 5.74. The van der Waals surface area contributed by atoms with E-state index in [9.17, 15) is 0 Å². The van der Waals surface area contributed by atoms with Crippen molar-refractivity contribution in [1.82, 2.24) is 0 Å². The van der Waals surface area contributed by atoms with E-state index in [1.54, 1.807) is 0 Å². The largest absolute Gasteiger partial charge is 2.00 e. The van der Waals surface area contributed by atoms with Crippen molar-refractivity contribution in [2.24, 2.45) is 0 Å². The Morgan fingerprint density at radius 3 is 0.615 bits per heavy atom. The molecule has 0 aromatic carbocycles. The molecule has 13 heteroatoms. The summed E-state index contributed by atoms with van der Waals surface area (Å²) in [6, 6.07) is 0. The molecule has 0 saturated carbocycles. The van der Waals surface area contributed by atoms with Crippen LogP contribution >= 0.6 is 0 Å². The average Bonchev–Trinajstić information content (AvgIpc) is 1.12. The minimum atomic E-state index is -5.17. The third-order valence-electron chi connectivity index (χ3n) is 0. The van der Waals surface area contributed by atoms with Crippen LogP contribution in [0.1, 0.15) is 0 Å². The van der Waals surface area contributed by atoms with Crippen LogP contribution in [0.5, 0.6) is 0 Å². The summed E-state index contributed by atoms with van der Waals surface area (Å²) in [7, 11) is -10.3. The van der Waals surface area contributed by atoms with E-state index in [4.69, 9.17) is 35.0 Å². The second-order valence-electron chi connectivity index (χ2n) is 0.816. The molecular weight excluding hydrogens is 720 g/mol. The first-order valence-corrected chi connectivity index (χ1v) is 4.00. The minimum Gasteiger partial charge on any atom is -0.759 e. The standard InChI is InChI=1S/2H2O4S.Sn.2Tl/c2*1-5(2,3)4;;;/h2*(H2,1,2,3,4);;;/q;;+2;2*+1/p-4. The summed E-state index contributed by atoms with van der Waals surface area (Å²) < 4.78 is 68.2. The van der Waals surface area contributed by atoms with Crippen molar-refractivity contribution >= 4 is 99.3 Å². The zero-order chi connectivity index (χ0) is 9.00. The molecule has 8 nitrogen and oxygen atoms in total. The molecule has 0 N–H and O–H groups in total. The first-order chi connectivity index (χ1) is 4.00. The molecule has 0 unspecified atom stereocenters. The van der Waals surface area contributed by atoms with E-state index in [0.717, 1.165) is 0 Å². The van der Waals surface area contributed by atoms with E-state index in [-0.39, 0.29) is 78.5 Å². The van der Waals surface area contributed by atoms with Crippen LogP contribution in [0.3, 0.4) is 0 Å². The summed E-state index contributed by atoms with van der Waals surface area (Å²) in [5.41, 5.74) is 0. The van der Waals surface area contributed by atoms with E-state index < -0.39 is 20.8 Å². The Balaban J connectivity index is -0.0000000267. The van der Waals surface area contributed by atoms with Crippen LogP contribution in [0.2, 0.25) is 0 Å². The summed E-state index contributed by atoms with van der Waals surface area (Å²) in [4.78, 5) is 0. The van der Waals surface area contributed by atoms with Crippen molar-refractivity contribution in [3.05, 3.63) is 0 Å². The molecule has 0 rings (SSSR count). The van der Waals surface area contributed by atoms with Gasteiger partial charge in [-0.15, -0.1) is 0 Å². The van der Waals surface area contributed by atoms with Gasteiger partial charge in [-0.25, -0.2) is 0 Å². The van der Waals surface area contributed by atoms with Gasteiger partial charge in [0, 0.05) is 20.8 Å². The number of hydrogen-bond acceptors (Lipinski definition) is 8. The van der Waals surface area contributed by atoms with Gasteiger partial charge >= 0.3 is 78.5 Å². The van der Waals surface area contributed by atoms with Gasteiger partial charge in [0.1, 0.15) is 0 Å². The molecule has 0 fully saturated rings. The molecule has 0 atom stereocenters. The molecule has 70 valence electrons. The zero-order valence-corrected chi connectivity index (χ0v) is 19.2. The first-order valence-electron chi connectivity index (χ1n) is 1.33. The second-order valence-corrected chi connectivity index (χ2v) is 2.45. The van der Waals surface area contributed by atoms with E-state index in [1.807, 2.05) is 0 Å². The Labute approximate surface area is 132 Å². The number of rotatable bonds is 0. The van der Waals surface area contributed by atoms with E-state index >= 15 is 0 Å². The predicted molar refractivity (Wildman–Crippen MR) is 38.2 cm³/mol. The summed E-state index contributed by atoms with van der Waals surface area (Å²) in [6.45, 7) is 0. The SMILES string of the molecule is O=S(=O)([O-])[O-].O=S(=O)([O-])[O-].[Sn+2].[Tl+].[Tl+]. The van der Waals surface area contributed by atoms with Gasteiger partial charge in [-0.3, -0.25) is 16.8 Å². The van der Waals surface area contributed by atoms with Crippen LogP contribution in [-0.4, -0.2) is 114 Å². The van der Waals surface area contributed by atoms with Crippen molar-refractivity contribution < 1.29 is 35.0 Å². The smallest absolute Gasteiger partial charge is 0.759 e. The molecule has 0 aliphatic rings. The molecule has 0 aliphatic heterocycles. The summed E-state index contributed by atoms with van der Waals surface area (Å²) in [5, 5.41) is 0. The Hall–Kier alpha value is 2.38. The van der Waals surface area contributed by atoms with Crippen LogP contribution in [0.25, 0.3) is 0 Å². The quantitative estimate of drug-likeness (QED) is 0.140. The van der Waals surface area contributed by atoms with Crippen molar-refractivity contribution in [3.63, 3.8) is 0 Å². The summed E-state index contributed by atoms with van der Waals surface area (Å²) >= 11 is 0. The van der Waals surface area contributed by atoms with Gasteiger partial charge in [-0.05, 0) is 0 Å². The number of hydrogen-bond donors (Lipinski definition) is 0. The maximum absolute atomic E-state index is 8.52. The molecule has 0 spiro atoms. The van der Waals surface area contributed by atoms with Crippen molar-refractivity contribution in [3.8, 4) is 0 Å². The maximum Gasteiger partial charge on any atom is 2.00 e. The molecule has 0 bridgehead atoms. The van der Waals surface area contributed by atoms with Gasteiger partial charge in [-0.1, -0.05) is 0 Å². The normalized spacial score (nSPS) is 8.92. The van der Waals surface area contributed by atoms with Gasteiger partial charge in [-0.2, -0.15) is 0 Å². The van der Waals surface area contributed by atoms with Crippen LogP contribution < -0.4 is 0 Å². The van der Waals surface area contributed by atoms with Crippen LogP contribution in [0, 0.1) is 0 Å².